The van der Waals surface area contributed by atoms with Crippen LogP contribution in [0.1, 0.15) is 23.2 Å². The van der Waals surface area contributed by atoms with E-state index in [1.165, 1.54) is 26.2 Å². The van der Waals surface area contributed by atoms with Crippen LogP contribution in [0.25, 0.3) is 0 Å². The lowest BCUT2D eigenvalue weighted by atomic mass is 10.1. The van der Waals surface area contributed by atoms with Crippen LogP contribution in [0.3, 0.4) is 0 Å². The van der Waals surface area contributed by atoms with E-state index in [9.17, 15) is 13.2 Å². The van der Waals surface area contributed by atoms with Crippen molar-refractivity contribution in [2.75, 3.05) is 27.3 Å². The van der Waals surface area contributed by atoms with E-state index < -0.39 is 15.9 Å². The quantitative estimate of drug-likeness (QED) is 0.867. The molecule has 1 heterocycles. The molecular weight excluding hydrogens is 363 g/mol. The van der Waals surface area contributed by atoms with Gasteiger partial charge in [-0.3, -0.25) is 4.79 Å². The van der Waals surface area contributed by atoms with Crippen LogP contribution in [0.15, 0.2) is 17.0 Å². The molecule has 0 radical (unpaired) electrons. The Morgan fingerprint density at radius 3 is 2.57 bits per heavy atom. The Labute approximate surface area is 145 Å². The van der Waals surface area contributed by atoms with E-state index in [0.717, 1.165) is 17.1 Å². The van der Waals surface area contributed by atoms with E-state index in [2.05, 4.69) is 5.32 Å². The van der Waals surface area contributed by atoms with Crippen molar-refractivity contribution in [2.24, 2.45) is 0 Å². The molecule has 9 heteroatoms. The third kappa shape index (κ3) is 4.16. The molecule has 0 aromatic heterocycles. The summed E-state index contributed by atoms with van der Waals surface area (Å²) in [4.78, 5) is 12.2. The molecule has 1 fully saturated rings. The van der Waals surface area contributed by atoms with Gasteiger partial charge < -0.3 is 10.1 Å². The van der Waals surface area contributed by atoms with Gasteiger partial charge >= 0.3 is 0 Å². The molecule has 1 saturated heterocycles. The summed E-state index contributed by atoms with van der Waals surface area (Å²) in [5.41, 5.74) is 0.0714. The van der Waals surface area contributed by atoms with Crippen molar-refractivity contribution in [1.29, 1.82) is 0 Å². The van der Waals surface area contributed by atoms with E-state index in [-0.39, 0.29) is 26.5 Å². The smallest absolute Gasteiger partial charge is 0.253 e. The number of carbonyl (C=O) groups excluding carboxylic acids is 1. The highest BCUT2D eigenvalue weighted by atomic mass is 35.5. The summed E-state index contributed by atoms with van der Waals surface area (Å²) in [5.74, 6) is -0.447. The molecule has 23 heavy (non-hydrogen) atoms. The van der Waals surface area contributed by atoms with Gasteiger partial charge in [-0.2, -0.15) is 0 Å². The third-order valence-corrected chi connectivity index (χ3v) is 6.11. The van der Waals surface area contributed by atoms with Gasteiger partial charge in [0.25, 0.3) is 5.91 Å². The maximum absolute atomic E-state index is 12.4. The molecule has 0 spiro atoms. The molecule has 0 aliphatic carbocycles. The molecule has 1 aromatic rings. The van der Waals surface area contributed by atoms with E-state index in [0.29, 0.717) is 13.2 Å². The van der Waals surface area contributed by atoms with Crippen LogP contribution in [-0.2, 0) is 14.8 Å². The average molecular weight is 381 g/mol. The zero-order valence-corrected chi connectivity index (χ0v) is 15.1. The van der Waals surface area contributed by atoms with Gasteiger partial charge in [0.1, 0.15) is 4.90 Å². The second kappa shape index (κ2) is 7.36. The number of benzene rings is 1. The fourth-order valence-corrected chi connectivity index (χ4v) is 3.94. The molecule has 1 aliphatic heterocycles. The van der Waals surface area contributed by atoms with Gasteiger partial charge in [-0.1, -0.05) is 23.2 Å². The lowest BCUT2D eigenvalue weighted by Crippen LogP contribution is -2.40. The van der Waals surface area contributed by atoms with E-state index in [4.69, 9.17) is 27.9 Å². The van der Waals surface area contributed by atoms with Crippen LogP contribution in [0.4, 0.5) is 0 Å². The van der Waals surface area contributed by atoms with Crippen molar-refractivity contribution in [3.05, 3.63) is 27.7 Å². The molecule has 0 bridgehead atoms. The van der Waals surface area contributed by atoms with Crippen LogP contribution in [0.5, 0.6) is 0 Å². The summed E-state index contributed by atoms with van der Waals surface area (Å²) in [6.45, 7) is 1.11. The molecular formula is C14H18Cl2N2O4S. The second-order valence-corrected chi connectivity index (χ2v) is 8.37. The molecule has 1 atom stereocenters. The predicted octanol–water partition coefficient (Wildman–Crippen LogP) is 2.15. The van der Waals surface area contributed by atoms with Gasteiger partial charge in [-0.15, -0.1) is 0 Å². The summed E-state index contributed by atoms with van der Waals surface area (Å²) in [7, 11) is -0.999. The first-order valence-electron chi connectivity index (χ1n) is 7.03. The monoisotopic (exact) mass is 380 g/mol. The SMILES string of the molecule is CN(C)S(=O)(=O)c1cc(C(=O)N[C@@H]2CCCOC2)c(Cl)cc1Cl. The summed E-state index contributed by atoms with van der Waals surface area (Å²) in [6, 6.07) is 2.36. The Kier molecular flexibility index (Phi) is 5.91. The summed E-state index contributed by atoms with van der Waals surface area (Å²) < 4.78 is 30.9. The molecule has 0 unspecified atom stereocenters. The minimum Gasteiger partial charge on any atom is -0.379 e. The first-order chi connectivity index (χ1) is 10.7. The normalized spacial score (nSPS) is 18.9. The first-order valence-corrected chi connectivity index (χ1v) is 9.23. The van der Waals surface area contributed by atoms with Crippen molar-refractivity contribution >= 4 is 39.1 Å². The number of ether oxygens (including phenoxy) is 1. The number of halogens is 2. The molecule has 1 aromatic carbocycles. The van der Waals surface area contributed by atoms with E-state index >= 15 is 0 Å². The van der Waals surface area contributed by atoms with Gasteiger partial charge in [-0.05, 0) is 25.0 Å². The van der Waals surface area contributed by atoms with Crippen molar-refractivity contribution in [2.45, 2.75) is 23.8 Å². The number of nitrogens with zero attached hydrogens (tertiary/aromatic N) is 1. The van der Waals surface area contributed by atoms with Gasteiger partial charge in [0.2, 0.25) is 10.0 Å². The number of hydrogen-bond donors (Lipinski definition) is 1. The number of hydrogen-bond acceptors (Lipinski definition) is 4. The van der Waals surface area contributed by atoms with E-state index in [1.807, 2.05) is 0 Å². The largest absolute Gasteiger partial charge is 0.379 e. The first kappa shape index (κ1) is 18.5. The van der Waals surface area contributed by atoms with Crippen LogP contribution >= 0.6 is 23.2 Å². The standard InChI is InChI=1S/C14H18Cl2N2O4S/c1-18(2)23(20,21)13-6-10(11(15)7-12(13)16)14(19)17-9-4-3-5-22-8-9/h6-7,9H,3-5,8H2,1-2H3,(H,17,19)/t9-/m1/s1. The highest BCUT2D eigenvalue weighted by molar-refractivity contribution is 7.89. The Morgan fingerprint density at radius 1 is 1.30 bits per heavy atom. The third-order valence-electron chi connectivity index (χ3n) is 3.52. The molecule has 1 amide bonds. The van der Waals surface area contributed by atoms with Crippen LogP contribution in [0, 0.1) is 0 Å². The number of carbonyl (C=O) groups is 1. The summed E-state index contributed by atoms with van der Waals surface area (Å²) >= 11 is 12.0. The maximum atomic E-state index is 12.4. The van der Waals surface area contributed by atoms with Gasteiger partial charge in [0.05, 0.1) is 28.3 Å². The minimum atomic E-state index is -3.78. The van der Waals surface area contributed by atoms with Crippen molar-refractivity contribution in [3.8, 4) is 0 Å². The number of sulfonamides is 1. The summed E-state index contributed by atoms with van der Waals surface area (Å²) in [6.07, 6.45) is 1.67. The second-order valence-electron chi connectivity index (χ2n) is 5.44. The lowest BCUT2D eigenvalue weighted by Gasteiger charge is -2.23. The highest BCUT2D eigenvalue weighted by Crippen LogP contribution is 2.30. The van der Waals surface area contributed by atoms with Gasteiger partial charge in [-0.25, -0.2) is 12.7 Å². The zero-order valence-electron chi connectivity index (χ0n) is 12.8. The highest BCUT2D eigenvalue weighted by Gasteiger charge is 2.25. The minimum absolute atomic E-state index is 0.0266. The average Bonchev–Trinajstić information content (AvgIpc) is 2.47. The molecule has 6 nitrogen and oxygen atoms in total. The topological polar surface area (TPSA) is 75.7 Å². The van der Waals surface area contributed by atoms with Crippen LogP contribution < -0.4 is 5.32 Å². The Hall–Kier alpha value is -0.860. The summed E-state index contributed by atoms with van der Waals surface area (Å²) in [5, 5.41) is 2.88. The van der Waals surface area contributed by atoms with Crippen molar-refractivity contribution in [3.63, 3.8) is 0 Å². The number of rotatable bonds is 4. The Balaban J connectivity index is 2.33. The number of nitrogens with one attached hydrogen (secondary N) is 1. The lowest BCUT2D eigenvalue weighted by molar-refractivity contribution is 0.0624. The fraction of sp³-hybridized carbons (Fsp3) is 0.500. The Bertz CT molecular complexity index is 701. The van der Waals surface area contributed by atoms with E-state index in [1.54, 1.807) is 0 Å². The van der Waals surface area contributed by atoms with Crippen molar-refractivity contribution < 1.29 is 17.9 Å². The van der Waals surface area contributed by atoms with Crippen molar-refractivity contribution in [1.82, 2.24) is 9.62 Å². The maximum Gasteiger partial charge on any atom is 0.253 e. The number of amides is 1. The van der Waals surface area contributed by atoms with Crippen LogP contribution in [0.2, 0.25) is 10.0 Å². The molecule has 1 aliphatic rings. The molecule has 2 rings (SSSR count). The van der Waals surface area contributed by atoms with Gasteiger partial charge in [0.15, 0.2) is 0 Å². The fourth-order valence-electron chi connectivity index (χ4n) is 2.22. The van der Waals surface area contributed by atoms with Crippen LogP contribution in [-0.4, -0.2) is 52.0 Å². The molecule has 128 valence electrons. The molecule has 0 saturated carbocycles. The zero-order chi connectivity index (χ0) is 17.2. The predicted molar refractivity (Wildman–Crippen MR) is 88.6 cm³/mol. The van der Waals surface area contributed by atoms with Gasteiger partial charge in [0, 0.05) is 20.7 Å². The Morgan fingerprint density at radius 2 is 2.00 bits per heavy atom. The molecule has 1 N–H and O–H groups in total.